The first-order valence-corrected chi connectivity index (χ1v) is 9.50. The minimum Gasteiger partial charge on any atom is -0.333 e. The van der Waals surface area contributed by atoms with Gasteiger partial charge in [-0.15, -0.1) is 0 Å². The quantitative estimate of drug-likeness (QED) is 0.631. The predicted octanol–water partition coefficient (Wildman–Crippen LogP) is 2.39. The van der Waals surface area contributed by atoms with E-state index in [1.807, 2.05) is 6.92 Å². The second-order valence-corrected chi connectivity index (χ2v) is 8.09. The first-order valence-electron chi connectivity index (χ1n) is 9.50. The topological polar surface area (TPSA) is 108 Å². The normalized spacial score (nSPS) is 19.1. The Morgan fingerprint density at radius 2 is 1.79 bits per heavy atom. The summed E-state index contributed by atoms with van der Waals surface area (Å²) in [5.74, 6) is -1.85. The van der Waals surface area contributed by atoms with Crippen LogP contribution in [0.3, 0.4) is 0 Å². The van der Waals surface area contributed by atoms with E-state index < -0.39 is 47.3 Å². The molecule has 1 saturated heterocycles. The number of unbranched alkanes of at least 4 members (excludes halogenated alkanes) is 1. The lowest BCUT2D eigenvalue weighted by Crippen LogP contribution is -2.51. The Hall–Kier alpha value is -2.97. The first kappa shape index (κ1) is 22.3. The van der Waals surface area contributed by atoms with Crippen molar-refractivity contribution in [3.05, 3.63) is 35.6 Å². The molecule has 0 saturated carbocycles. The van der Waals surface area contributed by atoms with Crippen molar-refractivity contribution in [1.29, 1.82) is 0 Å². The van der Waals surface area contributed by atoms with Crippen LogP contribution in [0.15, 0.2) is 24.3 Å². The summed E-state index contributed by atoms with van der Waals surface area (Å²) in [4.78, 5) is 50.5. The van der Waals surface area contributed by atoms with Crippen LogP contribution < -0.4 is 16.0 Å². The van der Waals surface area contributed by atoms with Gasteiger partial charge in [0, 0.05) is 5.54 Å². The van der Waals surface area contributed by atoms with Crippen LogP contribution in [0.2, 0.25) is 0 Å². The third-order valence-corrected chi connectivity index (χ3v) is 4.46. The lowest BCUT2D eigenvalue weighted by Gasteiger charge is -2.27. The molecular formula is C20H27FN4O4. The van der Waals surface area contributed by atoms with Crippen molar-refractivity contribution in [2.24, 2.45) is 0 Å². The van der Waals surface area contributed by atoms with Crippen LogP contribution in [0.5, 0.6) is 0 Å². The maximum absolute atomic E-state index is 13.3. The molecule has 29 heavy (non-hydrogen) atoms. The number of amides is 6. The van der Waals surface area contributed by atoms with Gasteiger partial charge in [0.05, 0.1) is 0 Å². The molecule has 0 aliphatic carbocycles. The zero-order valence-electron chi connectivity index (χ0n) is 17.1. The Bertz CT molecular complexity index is 804. The number of nitrogens with zero attached hydrogens (tertiary/aromatic N) is 1. The molecule has 158 valence electrons. The number of rotatable bonds is 6. The smallest absolute Gasteiger partial charge is 0.325 e. The van der Waals surface area contributed by atoms with Crippen molar-refractivity contribution in [1.82, 2.24) is 20.9 Å². The Morgan fingerprint density at radius 3 is 2.34 bits per heavy atom. The van der Waals surface area contributed by atoms with Crippen LogP contribution >= 0.6 is 0 Å². The molecule has 6 amide bonds. The highest BCUT2D eigenvalue weighted by atomic mass is 19.1. The average molecular weight is 406 g/mol. The Balaban J connectivity index is 2.19. The van der Waals surface area contributed by atoms with Crippen molar-refractivity contribution in [2.75, 3.05) is 6.54 Å². The predicted molar refractivity (Wildman–Crippen MR) is 104 cm³/mol. The average Bonchev–Trinajstić information content (AvgIpc) is 2.84. The van der Waals surface area contributed by atoms with Crippen LogP contribution in [0.25, 0.3) is 0 Å². The second-order valence-electron chi connectivity index (χ2n) is 8.09. The minimum absolute atomic E-state index is 0.308. The minimum atomic E-state index is -1.37. The fourth-order valence-electron chi connectivity index (χ4n) is 3.14. The fraction of sp³-hybridized carbons (Fsp3) is 0.500. The number of benzene rings is 1. The molecule has 1 heterocycles. The summed E-state index contributed by atoms with van der Waals surface area (Å²) in [6.45, 7) is 6.59. The zero-order valence-corrected chi connectivity index (χ0v) is 17.1. The molecule has 0 aromatic heterocycles. The highest BCUT2D eigenvalue weighted by molar-refractivity contribution is 6.10. The molecule has 0 spiro atoms. The van der Waals surface area contributed by atoms with Crippen molar-refractivity contribution in [2.45, 2.75) is 58.0 Å². The summed E-state index contributed by atoms with van der Waals surface area (Å²) in [5.41, 5.74) is -1.48. The van der Waals surface area contributed by atoms with E-state index >= 15 is 0 Å². The van der Waals surface area contributed by atoms with Crippen LogP contribution in [0.4, 0.5) is 14.0 Å². The van der Waals surface area contributed by atoms with Gasteiger partial charge in [-0.2, -0.15) is 0 Å². The number of halogens is 1. The van der Waals surface area contributed by atoms with E-state index in [0.717, 1.165) is 11.3 Å². The van der Waals surface area contributed by atoms with Crippen LogP contribution in [0, 0.1) is 5.82 Å². The summed E-state index contributed by atoms with van der Waals surface area (Å²) >= 11 is 0. The van der Waals surface area contributed by atoms with Gasteiger partial charge in [0.15, 0.2) is 0 Å². The van der Waals surface area contributed by atoms with E-state index in [4.69, 9.17) is 0 Å². The lowest BCUT2D eigenvalue weighted by molar-refractivity contribution is -0.135. The molecule has 0 unspecified atom stereocenters. The molecule has 0 bridgehead atoms. The van der Waals surface area contributed by atoms with Gasteiger partial charge in [-0.1, -0.05) is 31.9 Å². The zero-order chi connectivity index (χ0) is 21.8. The summed E-state index contributed by atoms with van der Waals surface area (Å²) in [6.07, 6.45) is 1.72. The Morgan fingerprint density at radius 1 is 1.17 bits per heavy atom. The van der Waals surface area contributed by atoms with Crippen molar-refractivity contribution >= 4 is 23.9 Å². The van der Waals surface area contributed by atoms with Gasteiger partial charge < -0.3 is 10.6 Å². The molecule has 2 rings (SSSR count). The third kappa shape index (κ3) is 5.30. The van der Waals surface area contributed by atoms with Gasteiger partial charge in [0.1, 0.15) is 17.9 Å². The molecular weight excluding hydrogens is 379 g/mol. The number of hydrogen-bond acceptors (Lipinski definition) is 4. The number of urea groups is 2. The SMILES string of the molecule is CCCC[C@@]1(c2ccc(F)cc2)NC(=O)N(CC(=O)NC(=O)NC(C)(C)C)C1=O. The van der Waals surface area contributed by atoms with E-state index in [2.05, 4.69) is 16.0 Å². The van der Waals surface area contributed by atoms with Crippen molar-refractivity contribution in [3.63, 3.8) is 0 Å². The van der Waals surface area contributed by atoms with Crippen LogP contribution in [0.1, 0.15) is 52.5 Å². The molecule has 0 radical (unpaired) electrons. The fourth-order valence-corrected chi connectivity index (χ4v) is 3.14. The van der Waals surface area contributed by atoms with Crippen LogP contribution in [-0.2, 0) is 15.1 Å². The highest BCUT2D eigenvalue weighted by Gasteiger charge is 2.52. The van der Waals surface area contributed by atoms with Crippen molar-refractivity contribution in [3.8, 4) is 0 Å². The number of carbonyl (C=O) groups excluding carboxylic acids is 4. The van der Waals surface area contributed by atoms with E-state index in [1.54, 1.807) is 20.8 Å². The molecule has 1 aromatic carbocycles. The monoisotopic (exact) mass is 406 g/mol. The van der Waals surface area contributed by atoms with E-state index in [9.17, 15) is 23.6 Å². The van der Waals surface area contributed by atoms with E-state index in [0.29, 0.717) is 18.4 Å². The Labute approximate surface area is 169 Å². The molecule has 1 fully saturated rings. The molecule has 1 atom stereocenters. The summed E-state index contributed by atoms with van der Waals surface area (Å²) in [6, 6.07) is 3.88. The van der Waals surface area contributed by atoms with E-state index in [-0.39, 0.29) is 0 Å². The summed E-state index contributed by atoms with van der Waals surface area (Å²) in [5, 5.41) is 7.34. The first-order chi connectivity index (χ1) is 13.5. The number of carbonyl (C=O) groups is 4. The molecule has 1 aliphatic rings. The Kier molecular flexibility index (Phi) is 6.61. The molecule has 8 nitrogen and oxygen atoms in total. The van der Waals surface area contributed by atoms with Gasteiger partial charge in [0.25, 0.3) is 5.91 Å². The van der Waals surface area contributed by atoms with E-state index in [1.165, 1.54) is 24.3 Å². The van der Waals surface area contributed by atoms with Gasteiger partial charge in [-0.3, -0.25) is 19.8 Å². The highest BCUT2D eigenvalue weighted by Crippen LogP contribution is 2.34. The van der Waals surface area contributed by atoms with Gasteiger partial charge in [-0.25, -0.2) is 14.0 Å². The molecule has 1 aliphatic heterocycles. The maximum Gasteiger partial charge on any atom is 0.325 e. The molecule has 3 N–H and O–H groups in total. The second kappa shape index (κ2) is 8.59. The number of hydrogen-bond donors (Lipinski definition) is 3. The van der Waals surface area contributed by atoms with Gasteiger partial charge in [-0.05, 0) is 44.9 Å². The largest absolute Gasteiger partial charge is 0.333 e. The molecule has 9 heteroatoms. The van der Waals surface area contributed by atoms with Crippen molar-refractivity contribution < 1.29 is 23.6 Å². The summed E-state index contributed by atoms with van der Waals surface area (Å²) < 4.78 is 13.3. The lowest BCUT2D eigenvalue weighted by atomic mass is 9.85. The standard InChI is InChI=1S/C20H27FN4O4/c1-5-6-11-20(13-7-9-14(21)10-8-13)16(27)25(18(29)24-20)12-15(26)22-17(28)23-19(2,3)4/h7-10H,5-6,11-12H2,1-4H3,(H,24,29)(H2,22,23,26,28)/t20-/m0/s1. The number of imide groups is 2. The summed E-state index contributed by atoms with van der Waals surface area (Å²) in [7, 11) is 0. The van der Waals surface area contributed by atoms with Gasteiger partial charge in [0.2, 0.25) is 5.91 Å². The maximum atomic E-state index is 13.3. The number of nitrogens with one attached hydrogen (secondary N) is 3. The van der Waals surface area contributed by atoms with Gasteiger partial charge >= 0.3 is 12.1 Å². The van der Waals surface area contributed by atoms with Crippen LogP contribution in [-0.4, -0.2) is 40.9 Å². The third-order valence-electron chi connectivity index (χ3n) is 4.46. The molecule has 1 aromatic rings.